The molecule has 5 nitrogen and oxygen atoms in total. The summed E-state index contributed by atoms with van der Waals surface area (Å²) in [5, 5.41) is 3.30. The molecule has 1 rings (SSSR count). The van der Waals surface area contributed by atoms with Gasteiger partial charge in [-0.25, -0.2) is 0 Å². The summed E-state index contributed by atoms with van der Waals surface area (Å²) in [6.45, 7) is 7.52. The zero-order valence-electron chi connectivity index (χ0n) is 10.9. The molecule has 1 aromatic rings. The number of anilines is 1. The molecule has 0 bridgehead atoms. The van der Waals surface area contributed by atoms with Crippen LogP contribution in [0.15, 0.2) is 12.4 Å². The van der Waals surface area contributed by atoms with Gasteiger partial charge in [0.1, 0.15) is 5.82 Å². The van der Waals surface area contributed by atoms with Crippen LogP contribution in [0.1, 0.15) is 33.6 Å². The fraction of sp³-hybridized carbons (Fsp3) is 0.667. The van der Waals surface area contributed by atoms with Gasteiger partial charge in [-0.2, -0.15) is 4.98 Å². The Morgan fingerprint density at radius 2 is 2.18 bits per heavy atom. The predicted octanol–water partition coefficient (Wildman–Crippen LogP) is 1.80. The average Bonchev–Trinajstić information content (AvgIpc) is 2.26. The van der Waals surface area contributed by atoms with Gasteiger partial charge in [-0.3, -0.25) is 4.98 Å². The van der Waals surface area contributed by atoms with Gasteiger partial charge >= 0.3 is 0 Å². The first-order valence-electron chi connectivity index (χ1n) is 6.00. The average molecular weight is 238 g/mol. The molecule has 0 aliphatic rings. The SMILES string of the molecule is CCCOc1cncc(NC(C)(C)CCN)n1. The first-order valence-corrected chi connectivity index (χ1v) is 6.00. The van der Waals surface area contributed by atoms with Gasteiger partial charge in [-0.15, -0.1) is 0 Å². The summed E-state index contributed by atoms with van der Waals surface area (Å²) in [4.78, 5) is 8.44. The van der Waals surface area contributed by atoms with Crippen molar-refractivity contribution in [1.29, 1.82) is 0 Å². The zero-order valence-corrected chi connectivity index (χ0v) is 10.9. The highest BCUT2D eigenvalue weighted by Gasteiger charge is 2.17. The Morgan fingerprint density at radius 3 is 2.82 bits per heavy atom. The third-order valence-electron chi connectivity index (χ3n) is 2.30. The molecular weight excluding hydrogens is 216 g/mol. The van der Waals surface area contributed by atoms with Crippen LogP contribution < -0.4 is 15.8 Å². The van der Waals surface area contributed by atoms with E-state index in [1.54, 1.807) is 12.4 Å². The van der Waals surface area contributed by atoms with Gasteiger partial charge in [-0.1, -0.05) is 6.92 Å². The molecule has 0 saturated heterocycles. The van der Waals surface area contributed by atoms with Gasteiger partial charge in [0.15, 0.2) is 0 Å². The highest BCUT2D eigenvalue weighted by Crippen LogP contribution is 2.17. The normalized spacial score (nSPS) is 11.3. The van der Waals surface area contributed by atoms with E-state index < -0.39 is 0 Å². The number of rotatable bonds is 7. The molecule has 3 N–H and O–H groups in total. The van der Waals surface area contributed by atoms with Crippen LogP contribution >= 0.6 is 0 Å². The topological polar surface area (TPSA) is 73.1 Å². The summed E-state index contributed by atoms with van der Waals surface area (Å²) in [5.74, 6) is 1.28. The van der Waals surface area contributed by atoms with E-state index in [4.69, 9.17) is 10.5 Å². The minimum absolute atomic E-state index is 0.0905. The molecule has 0 aliphatic heterocycles. The van der Waals surface area contributed by atoms with E-state index in [1.807, 2.05) is 0 Å². The molecule has 0 spiro atoms. The smallest absolute Gasteiger partial charge is 0.234 e. The van der Waals surface area contributed by atoms with E-state index in [2.05, 4.69) is 36.1 Å². The van der Waals surface area contributed by atoms with Gasteiger partial charge in [0.25, 0.3) is 0 Å². The molecule has 0 amide bonds. The van der Waals surface area contributed by atoms with Crippen molar-refractivity contribution in [3.8, 4) is 5.88 Å². The number of nitrogens with zero attached hydrogens (tertiary/aromatic N) is 2. The van der Waals surface area contributed by atoms with Crippen molar-refractivity contribution in [2.24, 2.45) is 5.73 Å². The van der Waals surface area contributed by atoms with Crippen LogP contribution in [0.2, 0.25) is 0 Å². The minimum Gasteiger partial charge on any atom is -0.477 e. The van der Waals surface area contributed by atoms with Crippen LogP contribution in [0.4, 0.5) is 5.82 Å². The van der Waals surface area contributed by atoms with E-state index in [0.29, 0.717) is 19.0 Å². The van der Waals surface area contributed by atoms with Crippen molar-refractivity contribution in [2.75, 3.05) is 18.5 Å². The molecule has 1 aromatic heterocycles. The Labute approximate surface area is 103 Å². The fourth-order valence-electron chi connectivity index (χ4n) is 1.45. The number of hydrogen-bond acceptors (Lipinski definition) is 5. The Morgan fingerprint density at radius 1 is 1.41 bits per heavy atom. The highest BCUT2D eigenvalue weighted by atomic mass is 16.5. The van der Waals surface area contributed by atoms with E-state index in [9.17, 15) is 0 Å². The predicted molar refractivity (Wildman–Crippen MR) is 69.2 cm³/mol. The number of nitrogens with one attached hydrogen (secondary N) is 1. The van der Waals surface area contributed by atoms with Crippen molar-refractivity contribution in [2.45, 2.75) is 39.2 Å². The number of hydrogen-bond donors (Lipinski definition) is 2. The van der Waals surface area contributed by atoms with Crippen molar-refractivity contribution in [3.63, 3.8) is 0 Å². The summed E-state index contributed by atoms with van der Waals surface area (Å²) in [6, 6.07) is 0. The standard InChI is InChI=1S/C12H22N4O/c1-4-7-17-11-9-14-8-10(15-11)16-12(2,3)5-6-13/h8-9H,4-7,13H2,1-3H3,(H,15,16). The summed E-state index contributed by atoms with van der Waals surface area (Å²) in [6.07, 6.45) is 5.14. The summed E-state index contributed by atoms with van der Waals surface area (Å²) < 4.78 is 5.43. The van der Waals surface area contributed by atoms with Gasteiger partial charge in [0.05, 0.1) is 19.0 Å². The van der Waals surface area contributed by atoms with E-state index in [-0.39, 0.29) is 5.54 Å². The van der Waals surface area contributed by atoms with E-state index in [0.717, 1.165) is 18.7 Å². The Balaban J connectivity index is 2.64. The summed E-state index contributed by atoms with van der Waals surface area (Å²) >= 11 is 0. The van der Waals surface area contributed by atoms with Crippen LogP contribution in [-0.2, 0) is 0 Å². The molecule has 5 heteroatoms. The molecule has 96 valence electrons. The number of aromatic nitrogens is 2. The highest BCUT2D eigenvalue weighted by molar-refractivity contribution is 5.36. The Kier molecular flexibility index (Phi) is 5.15. The molecule has 0 unspecified atom stereocenters. The van der Waals surface area contributed by atoms with Crippen molar-refractivity contribution in [3.05, 3.63) is 12.4 Å². The van der Waals surface area contributed by atoms with Gasteiger partial charge in [-0.05, 0) is 33.2 Å². The second-order valence-corrected chi connectivity index (χ2v) is 4.64. The quantitative estimate of drug-likeness (QED) is 0.758. The Hall–Kier alpha value is -1.36. The lowest BCUT2D eigenvalue weighted by atomic mass is 10.0. The molecule has 0 saturated carbocycles. The molecular formula is C12H22N4O. The fourth-order valence-corrected chi connectivity index (χ4v) is 1.45. The van der Waals surface area contributed by atoms with Crippen molar-refractivity contribution >= 4 is 5.82 Å². The first-order chi connectivity index (χ1) is 8.07. The summed E-state index contributed by atoms with van der Waals surface area (Å²) in [5.41, 5.74) is 5.47. The van der Waals surface area contributed by atoms with Crippen LogP contribution in [0.3, 0.4) is 0 Å². The summed E-state index contributed by atoms with van der Waals surface area (Å²) in [7, 11) is 0. The molecule has 0 aromatic carbocycles. The molecule has 0 aliphatic carbocycles. The number of ether oxygens (including phenoxy) is 1. The van der Waals surface area contributed by atoms with Crippen LogP contribution in [0, 0.1) is 0 Å². The molecule has 0 fully saturated rings. The molecule has 1 heterocycles. The Bertz CT molecular complexity index is 341. The van der Waals surface area contributed by atoms with Crippen LogP contribution in [0.25, 0.3) is 0 Å². The minimum atomic E-state index is -0.0905. The van der Waals surface area contributed by atoms with Crippen molar-refractivity contribution in [1.82, 2.24) is 9.97 Å². The second-order valence-electron chi connectivity index (χ2n) is 4.64. The zero-order chi connectivity index (χ0) is 12.7. The van der Waals surface area contributed by atoms with Gasteiger partial charge in [0.2, 0.25) is 5.88 Å². The lowest BCUT2D eigenvalue weighted by Gasteiger charge is -2.26. The van der Waals surface area contributed by atoms with Gasteiger partial charge < -0.3 is 15.8 Å². The third kappa shape index (κ3) is 4.99. The van der Waals surface area contributed by atoms with E-state index >= 15 is 0 Å². The van der Waals surface area contributed by atoms with Crippen LogP contribution in [-0.4, -0.2) is 28.7 Å². The molecule has 0 radical (unpaired) electrons. The lowest BCUT2D eigenvalue weighted by Crippen LogP contribution is -2.33. The maximum absolute atomic E-state index is 5.56. The maximum Gasteiger partial charge on any atom is 0.234 e. The van der Waals surface area contributed by atoms with E-state index in [1.165, 1.54) is 0 Å². The molecule has 0 atom stereocenters. The third-order valence-corrected chi connectivity index (χ3v) is 2.30. The maximum atomic E-state index is 5.56. The number of nitrogens with two attached hydrogens (primary N) is 1. The molecule has 17 heavy (non-hydrogen) atoms. The first kappa shape index (κ1) is 13.7. The van der Waals surface area contributed by atoms with Gasteiger partial charge in [0, 0.05) is 5.54 Å². The largest absolute Gasteiger partial charge is 0.477 e. The second kappa shape index (κ2) is 6.39. The monoisotopic (exact) mass is 238 g/mol. The van der Waals surface area contributed by atoms with Crippen molar-refractivity contribution < 1.29 is 4.74 Å². The lowest BCUT2D eigenvalue weighted by molar-refractivity contribution is 0.304. The van der Waals surface area contributed by atoms with Crippen LogP contribution in [0.5, 0.6) is 5.88 Å².